The zero-order valence-corrected chi connectivity index (χ0v) is 13.2. The van der Waals surface area contributed by atoms with Crippen LogP contribution in [0.25, 0.3) is 0 Å². The van der Waals surface area contributed by atoms with Gasteiger partial charge >= 0.3 is 0 Å². The third kappa shape index (κ3) is 3.90. The minimum absolute atomic E-state index is 0.0668. The van der Waals surface area contributed by atoms with Gasteiger partial charge in [0.1, 0.15) is 5.82 Å². The Morgan fingerprint density at radius 1 is 1.30 bits per heavy atom. The fraction of sp³-hybridized carbons (Fsp3) is 0.250. The van der Waals surface area contributed by atoms with Gasteiger partial charge in [-0.2, -0.15) is 0 Å². The zero-order valence-electron chi connectivity index (χ0n) is 11.6. The summed E-state index contributed by atoms with van der Waals surface area (Å²) >= 11 is 3.39. The third-order valence-electron chi connectivity index (χ3n) is 3.14. The Hall–Kier alpha value is -1.68. The van der Waals surface area contributed by atoms with Gasteiger partial charge in [-0.05, 0) is 31.0 Å². The van der Waals surface area contributed by atoms with E-state index in [2.05, 4.69) is 46.0 Å². The fourth-order valence-corrected chi connectivity index (χ4v) is 2.31. The zero-order chi connectivity index (χ0) is 14.5. The number of hydrogen-bond acceptors (Lipinski definition) is 2. The lowest BCUT2D eigenvalue weighted by atomic mass is 10.1. The van der Waals surface area contributed by atoms with Crippen LogP contribution in [0.4, 0.5) is 5.82 Å². The highest BCUT2D eigenvalue weighted by atomic mass is 79.9. The number of carbonyl (C=O) groups is 1. The number of rotatable bonds is 4. The van der Waals surface area contributed by atoms with Gasteiger partial charge in [0.15, 0.2) is 0 Å². The maximum absolute atomic E-state index is 12.2. The van der Waals surface area contributed by atoms with Crippen molar-refractivity contribution < 1.29 is 4.79 Å². The van der Waals surface area contributed by atoms with Crippen molar-refractivity contribution >= 4 is 27.7 Å². The largest absolute Gasteiger partial charge is 0.300 e. The van der Waals surface area contributed by atoms with Crippen molar-refractivity contribution in [2.24, 2.45) is 0 Å². The highest BCUT2D eigenvalue weighted by Gasteiger charge is 2.12. The molecule has 0 aliphatic rings. The first-order valence-corrected chi connectivity index (χ1v) is 7.29. The first-order chi connectivity index (χ1) is 9.56. The van der Waals surface area contributed by atoms with Crippen LogP contribution in [0.3, 0.4) is 0 Å². The predicted octanol–water partition coefficient (Wildman–Crippen LogP) is 3.75. The van der Waals surface area contributed by atoms with Crippen molar-refractivity contribution in [2.75, 3.05) is 11.9 Å². The van der Waals surface area contributed by atoms with Crippen LogP contribution in [0, 0.1) is 6.92 Å². The monoisotopic (exact) mass is 332 g/mol. The van der Waals surface area contributed by atoms with Crippen LogP contribution in [-0.2, 0) is 11.2 Å². The van der Waals surface area contributed by atoms with Crippen LogP contribution < -0.4 is 4.90 Å². The lowest BCUT2D eigenvalue weighted by Gasteiger charge is -2.16. The van der Waals surface area contributed by atoms with Gasteiger partial charge in [-0.3, -0.25) is 9.69 Å². The predicted molar refractivity (Wildman–Crippen MR) is 84.8 cm³/mol. The molecule has 104 valence electrons. The standard InChI is InChI=1S/C16H17BrN2O/c1-12-4-3-5-13(10-12)6-7-16(20)19(2)15-11-14(17)8-9-18-15/h3-5,8-11H,6-7H2,1-2H3. The average Bonchev–Trinajstić information content (AvgIpc) is 2.44. The van der Waals surface area contributed by atoms with Crippen molar-refractivity contribution in [3.05, 3.63) is 58.2 Å². The summed E-state index contributed by atoms with van der Waals surface area (Å²) in [5.74, 6) is 0.728. The first kappa shape index (κ1) is 14.7. The van der Waals surface area contributed by atoms with E-state index in [0.29, 0.717) is 12.2 Å². The van der Waals surface area contributed by atoms with Gasteiger partial charge in [0, 0.05) is 24.1 Å². The number of aryl methyl sites for hydroxylation is 2. The summed E-state index contributed by atoms with van der Waals surface area (Å²) < 4.78 is 0.917. The van der Waals surface area contributed by atoms with Crippen molar-refractivity contribution in [3.63, 3.8) is 0 Å². The van der Waals surface area contributed by atoms with Gasteiger partial charge < -0.3 is 0 Å². The molecule has 0 fully saturated rings. The van der Waals surface area contributed by atoms with Gasteiger partial charge in [-0.1, -0.05) is 45.8 Å². The van der Waals surface area contributed by atoms with E-state index in [4.69, 9.17) is 0 Å². The number of nitrogens with zero attached hydrogens (tertiary/aromatic N) is 2. The molecule has 2 aromatic rings. The quantitative estimate of drug-likeness (QED) is 0.854. The second kappa shape index (κ2) is 6.66. The van der Waals surface area contributed by atoms with E-state index in [9.17, 15) is 4.79 Å². The Labute approximate surface area is 127 Å². The van der Waals surface area contributed by atoms with Gasteiger partial charge in [0.2, 0.25) is 5.91 Å². The Kier molecular flexibility index (Phi) is 4.90. The van der Waals surface area contributed by atoms with Crippen LogP contribution in [-0.4, -0.2) is 17.9 Å². The molecule has 0 N–H and O–H groups in total. The smallest absolute Gasteiger partial charge is 0.228 e. The number of aromatic nitrogens is 1. The number of anilines is 1. The Morgan fingerprint density at radius 3 is 2.80 bits per heavy atom. The number of carbonyl (C=O) groups excluding carboxylic acids is 1. The molecule has 4 heteroatoms. The van der Waals surface area contributed by atoms with E-state index in [-0.39, 0.29) is 5.91 Å². The average molecular weight is 333 g/mol. The normalized spacial score (nSPS) is 10.3. The molecule has 1 heterocycles. The minimum Gasteiger partial charge on any atom is -0.300 e. The SMILES string of the molecule is Cc1cccc(CCC(=O)N(C)c2cc(Br)ccn2)c1. The molecular weight excluding hydrogens is 316 g/mol. The summed E-state index contributed by atoms with van der Waals surface area (Å²) in [6.45, 7) is 2.06. The van der Waals surface area contributed by atoms with Crippen LogP contribution >= 0.6 is 15.9 Å². The molecule has 1 aromatic heterocycles. The first-order valence-electron chi connectivity index (χ1n) is 6.50. The van der Waals surface area contributed by atoms with Crippen LogP contribution in [0.2, 0.25) is 0 Å². The molecule has 0 bridgehead atoms. The lowest BCUT2D eigenvalue weighted by Crippen LogP contribution is -2.27. The second-order valence-electron chi connectivity index (χ2n) is 4.77. The summed E-state index contributed by atoms with van der Waals surface area (Å²) in [7, 11) is 1.76. The number of benzene rings is 1. The van der Waals surface area contributed by atoms with Crippen molar-refractivity contribution in [1.82, 2.24) is 4.98 Å². The molecule has 3 nitrogen and oxygen atoms in total. The lowest BCUT2D eigenvalue weighted by molar-refractivity contribution is -0.118. The van der Waals surface area contributed by atoms with Gasteiger partial charge in [0.05, 0.1) is 0 Å². The summed E-state index contributed by atoms with van der Waals surface area (Å²) in [4.78, 5) is 18.0. The molecule has 0 aliphatic heterocycles. The highest BCUT2D eigenvalue weighted by molar-refractivity contribution is 9.10. The minimum atomic E-state index is 0.0668. The van der Waals surface area contributed by atoms with Gasteiger partial charge in [0.25, 0.3) is 0 Å². The molecule has 0 radical (unpaired) electrons. The molecule has 0 atom stereocenters. The Morgan fingerprint density at radius 2 is 2.10 bits per heavy atom. The van der Waals surface area contributed by atoms with Gasteiger partial charge in [-0.15, -0.1) is 0 Å². The second-order valence-corrected chi connectivity index (χ2v) is 5.69. The molecule has 0 spiro atoms. The Balaban J connectivity index is 1.98. The molecule has 1 amide bonds. The molecular formula is C16H17BrN2O. The summed E-state index contributed by atoms with van der Waals surface area (Å²) in [6, 6.07) is 11.9. The number of pyridine rings is 1. The van der Waals surface area contributed by atoms with Crippen molar-refractivity contribution in [3.8, 4) is 0 Å². The molecule has 0 unspecified atom stereocenters. The summed E-state index contributed by atoms with van der Waals surface area (Å²) in [5.41, 5.74) is 2.41. The maximum atomic E-state index is 12.2. The molecule has 0 aliphatic carbocycles. The number of halogens is 1. The van der Waals surface area contributed by atoms with Gasteiger partial charge in [-0.25, -0.2) is 4.98 Å². The Bertz CT molecular complexity index is 613. The van der Waals surface area contributed by atoms with Crippen LogP contribution in [0.1, 0.15) is 17.5 Å². The highest BCUT2D eigenvalue weighted by Crippen LogP contribution is 2.17. The fourth-order valence-electron chi connectivity index (χ4n) is 1.99. The van der Waals surface area contributed by atoms with E-state index >= 15 is 0 Å². The van der Waals surface area contributed by atoms with Crippen LogP contribution in [0.5, 0.6) is 0 Å². The third-order valence-corrected chi connectivity index (χ3v) is 3.63. The molecule has 0 saturated carbocycles. The molecule has 20 heavy (non-hydrogen) atoms. The van der Waals surface area contributed by atoms with Crippen molar-refractivity contribution in [1.29, 1.82) is 0 Å². The number of amides is 1. The van der Waals surface area contributed by atoms with E-state index in [1.54, 1.807) is 18.1 Å². The van der Waals surface area contributed by atoms with E-state index in [1.165, 1.54) is 11.1 Å². The van der Waals surface area contributed by atoms with E-state index in [0.717, 1.165) is 10.9 Å². The topological polar surface area (TPSA) is 33.2 Å². The van der Waals surface area contributed by atoms with Crippen LogP contribution in [0.15, 0.2) is 47.1 Å². The molecule has 2 rings (SSSR count). The molecule has 1 aromatic carbocycles. The summed E-state index contributed by atoms with van der Waals surface area (Å²) in [5, 5.41) is 0. The summed E-state index contributed by atoms with van der Waals surface area (Å²) in [6.07, 6.45) is 2.91. The van der Waals surface area contributed by atoms with E-state index < -0.39 is 0 Å². The van der Waals surface area contributed by atoms with E-state index in [1.807, 2.05) is 18.2 Å². The van der Waals surface area contributed by atoms with Crippen molar-refractivity contribution in [2.45, 2.75) is 19.8 Å². The molecule has 0 saturated heterocycles. The number of hydrogen-bond donors (Lipinski definition) is 0. The maximum Gasteiger partial charge on any atom is 0.228 e.